The molecule has 0 fully saturated rings. The van der Waals surface area contributed by atoms with Crippen LogP contribution in [0.5, 0.6) is 5.75 Å². The van der Waals surface area contributed by atoms with Crippen molar-refractivity contribution in [3.05, 3.63) is 59.7 Å². The maximum absolute atomic E-state index is 12.2. The van der Waals surface area contributed by atoms with Crippen LogP contribution in [-0.2, 0) is 22.6 Å². The summed E-state index contributed by atoms with van der Waals surface area (Å²) < 4.78 is 41.7. The number of carbonyl (C=O) groups excluding carboxylic acids is 2. The van der Waals surface area contributed by atoms with Crippen LogP contribution in [0.4, 0.5) is 18.9 Å². The summed E-state index contributed by atoms with van der Waals surface area (Å²) in [7, 11) is 1.52. The lowest BCUT2D eigenvalue weighted by atomic mass is 10.1. The lowest BCUT2D eigenvalue weighted by molar-refractivity contribution is -0.167. The third-order valence-corrected chi connectivity index (χ3v) is 3.50. The van der Waals surface area contributed by atoms with E-state index in [1.807, 2.05) is 0 Å². The van der Waals surface area contributed by atoms with E-state index < -0.39 is 12.1 Å². The van der Waals surface area contributed by atoms with Crippen LogP contribution >= 0.6 is 0 Å². The normalized spacial score (nSPS) is 10.9. The highest BCUT2D eigenvalue weighted by molar-refractivity contribution is 5.94. The standard InChI is InChI=1S/C18H17F3N2O3/c1-26-15-5-3-2-4-13(15)10-16(24)22-11-12-6-8-14(9-7-12)23-17(25)18(19,20)21/h2-9H,10-11H2,1H3,(H,22,24)(H,23,25). The summed E-state index contributed by atoms with van der Waals surface area (Å²) in [6.45, 7) is 0.210. The van der Waals surface area contributed by atoms with Gasteiger partial charge in [-0.15, -0.1) is 0 Å². The number of anilines is 1. The van der Waals surface area contributed by atoms with Gasteiger partial charge >= 0.3 is 12.1 Å². The number of nitrogens with one attached hydrogen (secondary N) is 2. The number of carbonyl (C=O) groups is 2. The Hall–Kier alpha value is -3.03. The molecule has 0 aliphatic rings. The SMILES string of the molecule is COc1ccccc1CC(=O)NCc1ccc(NC(=O)C(F)(F)F)cc1. The molecule has 8 heteroatoms. The van der Waals surface area contributed by atoms with Crippen LogP contribution in [0.25, 0.3) is 0 Å². The van der Waals surface area contributed by atoms with Crippen LogP contribution in [0.1, 0.15) is 11.1 Å². The fourth-order valence-corrected chi connectivity index (χ4v) is 2.19. The molecular formula is C18H17F3N2O3. The summed E-state index contributed by atoms with van der Waals surface area (Å²) in [5.41, 5.74) is 1.46. The van der Waals surface area contributed by atoms with E-state index in [0.717, 1.165) is 5.56 Å². The molecule has 138 valence electrons. The molecule has 2 aromatic carbocycles. The molecule has 26 heavy (non-hydrogen) atoms. The van der Waals surface area contributed by atoms with Gasteiger partial charge in [-0.1, -0.05) is 30.3 Å². The maximum Gasteiger partial charge on any atom is 0.471 e. The Morgan fingerprint density at radius 3 is 2.31 bits per heavy atom. The Kier molecular flexibility index (Phi) is 6.21. The van der Waals surface area contributed by atoms with Crippen molar-refractivity contribution in [3.8, 4) is 5.75 Å². The first-order valence-electron chi connectivity index (χ1n) is 7.65. The number of benzene rings is 2. The molecule has 0 aromatic heterocycles. The summed E-state index contributed by atoms with van der Waals surface area (Å²) in [5, 5.41) is 4.48. The van der Waals surface area contributed by atoms with Gasteiger partial charge in [-0.3, -0.25) is 9.59 Å². The smallest absolute Gasteiger partial charge is 0.471 e. The van der Waals surface area contributed by atoms with E-state index in [2.05, 4.69) is 5.32 Å². The van der Waals surface area contributed by atoms with E-state index >= 15 is 0 Å². The predicted molar refractivity (Wildman–Crippen MR) is 89.7 cm³/mol. The minimum absolute atomic E-state index is 0.0245. The van der Waals surface area contributed by atoms with E-state index in [9.17, 15) is 22.8 Å². The minimum atomic E-state index is -4.94. The van der Waals surface area contributed by atoms with Crippen LogP contribution in [0.3, 0.4) is 0 Å². The van der Waals surface area contributed by atoms with Crippen LogP contribution in [0.15, 0.2) is 48.5 Å². The monoisotopic (exact) mass is 366 g/mol. The molecule has 0 aliphatic heterocycles. The molecule has 2 amide bonds. The molecular weight excluding hydrogens is 349 g/mol. The second-order valence-corrected chi connectivity index (χ2v) is 5.41. The molecule has 2 rings (SSSR count). The molecule has 0 unspecified atom stereocenters. The number of para-hydroxylation sites is 1. The first-order valence-corrected chi connectivity index (χ1v) is 7.65. The third kappa shape index (κ3) is 5.51. The summed E-state index contributed by atoms with van der Waals surface area (Å²) in [4.78, 5) is 22.9. The van der Waals surface area contributed by atoms with Crippen molar-refractivity contribution in [3.63, 3.8) is 0 Å². The van der Waals surface area contributed by atoms with Gasteiger partial charge in [0.05, 0.1) is 13.5 Å². The van der Waals surface area contributed by atoms with E-state index in [4.69, 9.17) is 4.74 Å². The number of halogens is 3. The Bertz CT molecular complexity index is 774. The maximum atomic E-state index is 12.2. The van der Waals surface area contributed by atoms with Gasteiger partial charge in [0.1, 0.15) is 5.75 Å². The van der Waals surface area contributed by atoms with Gasteiger partial charge in [0.25, 0.3) is 0 Å². The second-order valence-electron chi connectivity index (χ2n) is 5.41. The summed E-state index contributed by atoms with van der Waals surface area (Å²) in [5.74, 6) is -1.63. The van der Waals surface area contributed by atoms with Crippen molar-refractivity contribution in [2.24, 2.45) is 0 Å². The Labute approximate surface area is 148 Å². The van der Waals surface area contributed by atoms with Crippen LogP contribution in [-0.4, -0.2) is 25.1 Å². The lowest BCUT2D eigenvalue weighted by Crippen LogP contribution is -2.29. The van der Waals surface area contributed by atoms with Gasteiger partial charge in [-0.05, 0) is 23.8 Å². The van der Waals surface area contributed by atoms with E-state index in [0.29, 0.717) is 11.3 Å². The van der Waals surface area contributed by atoms with Gasteiger partial charge in [0, 0.05) is 17.8 Å². The molecule has 0 heterocycles. The molecule has 2 aromatic rings. The largest absolute Gasteiger partial charge is 0.496 e. The van der Waals surface area contributed by atoms with E-state index in [-0.39, 0.29) is 24.6 Å². The van der Waals surface area contributed by atoms with Crippen molar-refractivity contribution in [2.45, 2.75) is 19.1 Å². The van der Waals surface area contributed by atoms with Crippen molar-refractivity contribution < 1.29 is 27.5 Å². The highest BCUT2D eigenvalue weighted by Crippen LogP contribution is 2.19. The van der Waals surface area contributed by atoms with Gasteiger partial charge in [0.2, 0.25) is 5.91 Å². The average Bonchev–Trinajstić information content (AvgIpc) is 2.61. The molecule has 0 aliphatic carbocycles. The van der Waals surface area contributed by atoms with E-state index in [1.54, 1.807) is 29.6 Å². The quantitative estimate of drug-likeness (QED) is 0.826. The van der Waals surface area contributed by atoms with Crippen LogP contribution in [0.2, 0.25) is 0 Å². The van der Waals surface area contributed by atoms with Gasteiger partial charge in [-0.25, -0.2) is 0 Å². The average molecular weight is 366 g/mol. The molecule has 0 spiro atoms. The number of hydrogen-bond acceptors (Lipinski definition) is 3. The fourth-order valence-electron chi connectivity index (χ4n) is 2.19. The van der Waals surface area contributed by atoms with E-state index in [1.165, 1.54) is 31.4 Å². The van der Waals surface area contributed by atoms with Crippen molar-refractivity contribution in [1.29, 1.82) is 0 Å². The molecule has 0 radical (unpaired) electrons. The van der Waals surface area contributed by atoms with Gasteiger partial charge in [0.15, 0.2) is 0 Å². The Balaban J connectivity index is 1.87. The minimum Gasteiger partial charge on any atom is -0.496 e. The number of rotatable bonds is 6. The van der Waals surface area contributed by atoms with Crippen LogP contribution < -0.4 is 15.4 Å². The number of amides is 2. The summed E-state index contributed by atoms with van der Waals surface area (Å²) in [6, 6.07) is 12.9. The first kappa shape index (κ1) is 19.3. The lowest BCUT2D eigenvalue weighted by Gasteiger charge is -2.10. The summed E-state index contributed by atoms with van der Waals surface area (Å²) in [6.07, 6.45) is -4.80. The predicted octanol–water partition coefficient (Wildman–Crippen LogP) is 3.05. The van der Waals surface area contributed by atoms with Gasteiger partial charge < -0.3 is 15.4 Å². The highest BCUT2D eigenvalue weighted by Gasteiger charge is 2.38. The Morgan fingerprint density at radius 1 is 1.04 bits per heavy atom. The number of ether oxygens (including phenoxy) is 1. The topological polar surface area (TPSA) is 67.4 Å². The zero-order chi connectivity index (χ0) is 19.2. The second kappa shape index (κ2) is 8.37. The fraction of sp³-hybridized carbons (Fsp3) is 0.222. The van der Waals surface area contributed by atoms with Gasteiger partial charge in [-0.2, -0.15) is 13.2 Å². The van der Waals surface area contributed by atoms with Crippen molar-refractivity contribution in [1.82, 2.24) is 5.32 Å². The molecule has 0 atom stereocenters. The third-order valence-electron chi connectivity index (χ3n) is 3.50. The molecule has 0 bridgehead atoms. The Morgan fingerprint density at radius 2 is 1.69 bits per heavy atom. The zero-order valence-corrected chi connectivity index (χ0v) is 13.9. The first-order chi connectivity index (χ1) is 12.3. The van der Waals surface area contributed by atoms with Crippen molar-refractivity contribution >= 4 is 17.5 Å². The molecule has 0 saturated carbocycles. The highest BCUT2D eigenvalue weighted by atomic mass is 19.4. The van der Waals surface area contributed by atoms with Crippen LogP contribution in [0, 0.1) is 0 Å². The molecule has 0 saturated heterocycles. The number of methoxy groups -OCH3 is 1. The summed E-state index contributed by atoms with van der Waals surface area (Å²) >= 11 is 0. The zero-order valence-electron chi connectivity index (χ0n) is 13.9. The molecule has 2 N–H and O–H groups in total. The number of alkyl halides is 3. The molecule has 5 nitrogen and oxygen atoms in total. The van der Waals surface area contributed by atoms with Crippen molar-refractivity contribution in [2.75, 3.05) is 12.4 Å². The number of hydrogen-bond donors (Lipinski definition) is 2.